The highest BCUT2D eigenvalue weighted by Gasteiger charge is 2.39. The molecule has 2 N–H and O–H groups in total. The summed E-state index contributed by atoms with van der Waals surface area (Å²) in [7, 11) is 0. The average molecular weight is 447 g/mol. The summed E-state index contributed by atoms with van der Waals surface area (Å²) in [6, 6.07) is 0.308. The van der Waals surface area contributed by atoms with Crippen LogP contribution in [0.4, 0.5) is 0 Å². The topological polar surface area (TPSA) is 58.2 Å². The number of hydrogen-bond acceptors (Lipinski definition) is 2. The van der Waals surface area contributed by atoms with Gasteiger partial charge in [-0.05, 0) is 51.4 Å². The minimum atomic E-state index is 0.136. The fourth-order valence-electron chi connectivity index (χ4n) is 3.88. The van der Waals surface area contributed by atoms with Crippen molar-refractivity contribution in [3.63, 3.8) is 0 Å². The van der Waals surface area contributed by atoms with E-state index in [1.165, 1.54) is 57.8 Å². The number of amides is 2. The number of carbonyl (C=O) groups is 2. The zero-order chi connectivity index (χ0) is 23.3. The third-order valence-electron chi connectivity index (χ3n) is 6.10. The lowest BCUT2D eigenvalue weighted by molar-refractivity contribution is -0.123. The van der Waals surface area contributed by atoms with Crippen LogP contribution in [-0.2, 0) is 9.59 Å². The molecule has 0 aromatic carbocycles. The summed E-state index contributed by atoms with van der Waals surface area (Å²) >= 11 is 0. The Labute approximate surface area is 198 Å². The van der Waals surface area contributed by atoms with Gasteiger partial charge in [-0.2, -0.15) is 0 Å². The monoisotopic (exact) mass is 446 g/mol. The van der Waals surface area contributed by atoms with Crippen molar-refractivity contribution in [2.24, 2.45) is 0 Å². The van der Waals surface area contributed by atoms with Gasteiger partial charge in [0.05, 0.1) is 12.1 Å². The Kier molecular flexibility index (Phi) is 17.8. The maximum atomic E-state index is 12.1. The molecule has 1 saturated carbocycles. The summed E-state index contributed by atoms with van der Waals surface area (Å²) in [4.78, 5) is 24.0. The van der Waals surface area contributed by atoms with E-state index in [-0.39, 0.29) is 23.9 Å². The molecule has 0 spiro atoms. The average Bonchev–Trinajstić information content (AvgIpc) is 3.50. The molecule has 1 rings (SSSR count). The smallest absolute Gasteiger partial charge is 0.220 e. The van der Waals surface area contributed by atoms with Crippen LogP contribution in [0.5, 0.6) is 0 Å². The summed E-state index contributed by atoms with van der Waals surface area (Å²) in [6.07, 6.45) is 28.9. The molecule has 0 aliphatic heterocycles. The van der Waals surface area contributed by atoms with Crippen LogP contribution in [0.25, 0.3) is 0 Å². The molecule has 1 fully saturated rings. The summed E-state index contributed by atoms with van der Waals surface area (Å²) in [6.45, 7) is 4.42. The molecule has 4 heteroatoms. The molecule has 4 nitrogen and oxygen atoms in total. The zero-order valence-corrected chi connectivity index (χ0v) is 21.0. The molecule has 2 atom stereocenters. The van der Waals surface area contributed by atoms with E-state index >= 15 is 0 Å². The van der Waals surface area contributed by atoms with Crippen molar-refractivity contribution in [3.8, 4) is 0 Å². The van der Waals surface area contributed by atoms with Gasteiger partial charge in [-0.25, -0.2) is 0 Å². The number of carbonyl (C=O) groups excluding carboxylic acids is 2. The molecule has 0 bridgehead atoms. The van der Waals surface area contributed by atoms with Gasteiger partial charge in [-0.1, -0.05) is 89.5 Å². The van der Waals surface area contributed by atoms with Crippen molar-refractivity contribution in [2.75, 3.05) is 0 Å². The highest BCUT2D eigenvalue weighted by Crippen LogP contribution is 2.22. The van der Waals surface area contributed by atoms with E-state index in [1.807, 2.05) is 0 Å². The van der Waals surface area contributed by atoms with Crippen LogP contribution in [-0.4, -0.2) is 23.9 Å². The first-order chi connectivity index (χ1) is 15.7. The molecule has 1 aliphatic carbocycles. The van der Waals surface area contributed by atoms with Crippen LogP contribution in [0.2, 0.25) is 0 Å². The fourth-order valence-corrected chi connectivity index (χ4v) is 3.88. The van der Waals surface area contributed by atoms with Crippen molar-refractivity contribution < 1.29 is 9.59 Å². The molecule has 0 aromatic rings. The lowest BCUT2D eigenvalue weighted by Gasteiger charge is -2.07. The van der Waals surface area contributed by atoms with Crippen molar-refractivity contribution in [1.82, 2.24) is 10.6 Å². The molecule has 0 saturated heterocycles. The van der Waals surface area contributed by atoms with Crippen LogP contribution in [0.3, 0.4) is 0 Å². The second-order valence-electron chi connectivity index (χ2n) is 9.38. The molecule has 32 heavy (non-hydrogen) atoms. The van der Waals surface area contributed by atoms with Gasteiger partial charge in [-0.3, -0.25) is 9.59 Å². The minimum absolute atomic E-state index is 0.136. The standard InChI is InChI=1S/C28H50N2O2/c1-3-5-7-9-10-11-12-13-14-15-16-17-18-19-21-23-28(32)30-26-24-25(26)29-27(31)22-20-8-6-4-2/h10-11,13-14,25-26H,3-9,12,15-24H2,1-2H3,(H,29,31)(H,30,32). The first-order valence-electron chi connectivity index (χ1n) is 13.6. The third-order valence-corrected chi connectivity index (χ3v) is 6.10. The first kappa shape index (κ1) is 28.5. The Morgan fingerprint density at radius 1 is 0.625 bits per heavy atom. The van der Waals surface area contributed by atoms with Gasteiger partial charge < -0.3 is 10.6 Å². The van der Waals surface area contributed by atoms with Crippen LogP contribution in [0, 0.1) is 0 Å². The molecular formula is C28H50N2O2. The van der Waals surface area contributed by atoms with Crippen LogP contribution in [0.15, 0.2) is 24.3 Å². The predicted molar refractivity (Wildman–Crippen MR) is 137 cm³/mol. The highest BCUT2D eigenvalue weighted by molar-refractivity contribution is 5.78. The van der Waals surface area contributed by atoms with E-state index in [0.717, 1.165) is 44.9 Å². The van der Waals surface area contributed by atoms with Crippen molar-refractivity contribution in [3.05, 3.63) is 24.3 Å². The zero-order valence-electron chi connectivity index (χ0n) is 21.0. The Hall–Kier alpha value is -1.58. The quantitative estimate of drug-likeness (QED) is 0.145. The van der Waals surface area contributed by atoms with Crippen molar-refractivity contribution in [2.45, 2.75) is 142 Å². The molecule has 0 heterocycles. The van der Waals surface area contributed by atoms with E-state index in [2.05, 4.69) is 48.8 Å². The Bertz CT molecular complexity index is 542. The second-order valence-corrected chi connectivity index (χ2v) is 9.38. The van der Waals surface area contributed by atoms with E-state index in [9.17, 15) is 9.59 Å². The number of rotatable bonds is 21. The van der Waals surface area contributed by atoms with Gasteiger partial charge in [0.2, 0.25) is 11.8 Å². The highest BCUT2D eigenvalue weighted by atomic mass is 16.2. The van der Waals surface area contributed by atoms with Crippen molar-refractivity contribution >= 4 is 11.8 Å². The van der Waals surface area contributed by atoms with E-state index in [1.54, 1.807) is 0 Å². The molecule has 1 aliphatic rings. The molecule has 184 valence electrons. The van der Waals surface area contributed by atoms with Gasteiger partial charge in [0.15, 0.2) is 0 Å². The van der Waals surface area contributed by atoms with Crippen LogP contribution >= 0.6 is 0 Å². The second kappa shape index (κ2) is 20.1. The van der Waals surface area contributed by atoms with Crippen LogP contribution < -0.4 is 10.6 Å². The van der Waals surface area contributed by atoms with Gasteiger partial charge >= 0.3 is 0 Å². The van der Waals surface area contributed by atoms with Gasteiger partial charge in [-0.15, -0.1) is 0 Å². The molecule has 2 amide bonds. The minimum Gasteiger partial charge on any atom is -0.351 e. The third kappa shape index (κ3) is 17.0. The summed E-state index contributed by atoms with van der Waals surface area (Å²) in [5.41, 5.74) is 0. The maximum Gasteiger partial charge on any atom is 0.220 e. The van der Waals surface area contributed by atoms with E-state index < -0.39 is 0 Å². The SMILES string of the molecule is CCCCCC=CCC=CCCCCCCCC(=O)NC1CC1NC(=O)CCCCCC. The molecule has 2 unspecified atom stereocenters. The number of nitrogens with one attached hydrogen (secondary N) is 2. The van der Waals surface area contributed by atoms with Crippen molar-refractivity contribution in [1.29, 1.82) is 0 Å². The number of hydrogen-bond donors (Lipinski definition) is 2. The van der Waals surface area contributed by atoms with Crippen LogP contribution in [0.1, 0.15) is 129 Å². The Morgan fingerprint density at radius 2 is 1.06 bits per heavy atom. The van der Waals surface area contributed by atoms with Gasteiger partial charge in [0.25, 0.3) is 0 Å². The summed E-state index contributed by atoms with van der Waals surface area (Å²) in [5, 5.41) is 6.11. The lowest BCUT2D eigenvalue weighted by Crippen LogP contribution is -2.34. The lowest BCUT2D eigenvalue weighted by atomic mass is 10.1. The molecule has 0 aromatic heterocycles. The largest absolute Gasteiger partial charge is 0.351 e. The first-order valence-corrected chi connectivity index (χ1v) is 13.6. The summed E-state index contributed by atoms with van der Waals surface area (Å²) in [5.74, 6) is 0.275. The van der Waals surface area contributed by atoms with E-state index in [0.29, 0.717) is 12.8 Å². The number of unbranched alkanes of at least 4 members (excludes halogenated alkanes) is 11. The Balaban J connectivity index is 1.87. The number of allylic oxidation sites excluding steroid dienone is 4. The molecule has 0 radical (unpaired) electrons. The summed E-state index contributed by atoms with van der Waals surface area (Å²) < 4.78 is 0. The normalized spacial score (nSPS) is 17.8. The Morgan fingerprint density at radius 3 is 1.62 bits per heavy atom. The fraction of sp³-hybridized carbons (Fsp3) is 0.786. The predicted octanol–water partition coefficient (Wildman–Crippen LogP) is 7.14. The van der Waals surface area contributed by atoms with E-state index in [4.69, 9.17) is 0 Å². The van der Waals surface area contributed by atoms with Gasteiger partial charge in [0.1, 0.15) is 0 Å². The maximum absolute atomic E-state index is 12.1. The molecular weight excluding hydrogens is 396 g/mol. The van der Waals surface area contributed by atoms with Gasteiger partial charge in [0, 0.05) is 12.8 Å².